The van der Waals surface area contributed by atoms with Crippen molar-refractivity contribution in [3.63, 3.8) is 0 Å². The fraction of sp³-hybridized carbons (Fsp3) is 0.286. The monoisotopic (exact) mass is 353 g/mol. The molecule has 0 unspecified atom stereocenters. The molecule has 3 rings (SSSR count). The van der Waals surface area contributed by atoms with Crippen LogP contribution in [0.2, 0.25) is 0 Å². The Hall–Kier alpha value is -2.95. The van der Waals surface area contributed by atoms with Gasteiger partial charge >= 0.3 is 5.97 Å². The molecule has 0 atom stereocenters. The first-order valence-corrected chi connectivity index (χ1v) is 8.37. The van der Waals surface area contributed by atoms with Gasteiger partial charge in [0, 0.05) is 29.1 Å². The number of hydrogen-bond donors (Lipinski definition) is 1. The van der Waals surface area contributed by atoms with Gasteiger partial charge in [0.05, 0.1) is 25.3 Å². The zero-order valence-electron chi connectivity index (χ0n) is 15.7. The van der Waals surface area contributed by atoms with Crippen molar-refractivity contribution in [1.82, 2.24) is 4.40 Å². The molecule has 1 N–H and O–H groups in total. The molecule has 2 aromatic heterocycles. The number of benzene rings is 1. The first-order chi connectivity index (χ1) is 12.3. The van der Waals surface area contributed by atoms with Gasteiger partial charge in [-0.1, -0.05) is 26.8 Å². The summed E-state index contributed by atoms with van der Waals surface area (Å²) in [6.45, 7) is 6.29. The topological polar surface area (TPSA) is 60.2 Å². The Morgan fingerprint density at radius 2 is 1.73 bits per heavy atom. The van der Waals surface area contributed by atoms with Gasteiger partial charge in [-0.3, -0.25) is 0 Å². The highest BCUT2D eigenvalue weighted by molar-refractivity contribution is 6.04. The number of ether oxygens (including phenoxy) is 2. The van der Waals surface area contributed by atoms with Crippen LogP contribution in [0.1, 0.15) is 36.7 Å². The third-order valence-electron chi connectivity index (χ3n) is 4.52. The van der Waals surface area contributed by atoms with E-state index in [2.05, 4.69) is 20.8 Å². The van der Waals surface area contributed by atoms with E-state index < -0.39 is 5.97 Å². The minimum Gasteiger partial charge on any atom is -0.496 e. The third-order valence-corrected chi connectivity index (χ3v) is 4.52. The zero-order valence-corrected chi connectivity index (χ0v) is 15.7. The number of rotatable bonds is 4. The Morgan fingerprint density at radius 3 is 2.31 bits per heavy atom. The van der Waals surface area contributed by atoms with Gasteiger partial charge in [0.15, 0.2) is 0 Å². The summed E-state index contributed by atoms with van der Waals surface area (Å²) < 4.78 is 13.0. The first-order valence-electron chi connectivity index (χ1n) is 8.37. The maximum Gasteiger partial charge on any atom is 0.338 e. The quantitative estimate of drug-likeness (QED) is 0.743. The fourth-order valence-corrected chi connectivity index (χ4v) is 3.25. The molecule has 0 aliphatic rings. The molecule has 1 aromatic carbocycles. The number of pyridine rings is 1. The largest absolute Gasteiger partial charge is 0.496 e. The van der Waals surface area contributed by atoms with Crippen molar-refractivity contribution < 1.29 is 19.4 Å². The van der Waals surface area contributed by atoms with Crippen molar-refractivity contribution in [2.24, 2.45) is 0 Å². The minimum absolute atomic E-state index is 0.141. The van der Waals surface area contributed by atoms with Crippen LogP contribution >= 0.6 is 0 Å². The molecule has 0 amide bonds. The Labute approximate surface area is 152 Å². The highest BCUT2D eigenvalue weighted by atomic mass is 16.5. The van der Waals surface area contributed by atoms with Gasteiger partial charge in [-0.05, 0) is 29.7 Å². The molecule has 0 saturated heterocycles. The van der Waals surface area contributed by atoms with E-state index in [0.717, 1.165) is 5.56 Å². The molecule has 2 heterocycles. The van der Waals surface area contributed by atoms with Crippen molar-refractivity contribution in [2.45, 2.75) is 26.2 Å². The molecule has 136 valence electrons. The van der Waals surface area contributed by atoms with E-state index in [-0.39, 0.29) is 11.0 Å². The Kier molecular flexibility index (Phi) is 4.40. The first kappa shape index (κ1) is 17.9. The molecule has 0 saturated carbocycles. The van der Waals surface area contributed by atoms with Crippen LogP contribution in [-0.2, 0) is 5.41 Å². The number of hydrogen-bond acceptors (Lipinski definition) is 3. The van der Waals surface area contributed by atoms with Crippen LogP contribution in [0.4, 0.5) is 0 Å². The smallest absolute Gasteiger partial charge is 0.338 e. The van der Waals surface area contributed by atoms with Gasteiger partial charge in [0.1, 0.15) is 11.5 Å². The predicted octanol–water partition coefficient (Wildman–Crippen LogP) is 4.62. The van der Waals surface area contributed by atoms with Crippen LogP contribution in [0.25, 0.3) is 16.6 Å². The molecular formula is C21H23NO4. The van der Waals surface area contributed by atoms with Gasteiger partial charge in [-0.15, -0.1) is 0 Å². The van der Waals surface area contributed by atoms with Gasteiger partial charge in [-0.2, -0.15) is 0 Å². The number of nitrogens with zero attached hydrogens (tertiary/aromatic N) is 1. The number of methoxy groups -OCH3 is 2. The molecule has 0 aliphatic carbocycles. The fourth-order valence-electron chi connectivity index (χ4n) is 3.25. The van der Waals surface area contributed by atoms with E-state index in [9.17, 15) is 9.90 Å². The van der Waals surface area contributed by atoms with Gasteiger partial charge in [-0.25, -0.2) is 4.79 Å². The minimum atomic E-state index is -0.977. The molecule has 0 spiro atoms. The van der Waals surface area contributed by atoms with Crippen molar-refractivity contribution in [3.05, 3.63) is 53.9 Å². The normalized spacial score (nSPS) is 11.6. The van der Waals surface area contributed by atoms with Crippen molar-refractivity contribution in [2.75, 3.05) is 14.2 Å². The summed E-state index contributed by atoms with van der Waals surface area (Å²) in [6.07, 6.45) is 3.64. The second-order valence-corrected chi connectivity index (χ2v) is 7.22. The van der Waals surface area contributed by atoms with Crippen LogP contribution in [0.15, 0.2) is 42.7 Å². The van der Waals surface area contributed by atoms with Gasteiger partial charge in [0.2, 0.25) is 0 Å². The Morgan fingerprint density at radius 1 is 1.04 bits per heavy atom. The van der Waals surface area contributed by atoms with Gasteiger partial charge in [0.25, 0.3) is 0 Å². The number of aromatic nitrogens is 1. The molecule has 0 bridgehead atoms. The maximum absolute atomic E-state index is 12.0. The molecule has 26 heavy (non-hydrogen) atoms. The lowest BCUT2D eigenvalue weighted by atomic mass is 9.84. The Balaban J connectivity index is 2.35. The number of carboxylic acid groups (broad SMARTS) is 1. The molecule has 5 nitrogen and oxygen atoms in total. The molecule has 0 aliphatic heterocycles. The maximum atomic E-state index is 12.0. The highest BCUT2D eigenvalue weighted by Crippen LogP contribution is 2.42. The summed E-state index contributed by atoms with van der Waals surface area (Å²) in [4.78, 5) is 12.0. The van der Waals surface area contributed by atoms with E-state index in [1.807, 2.05) is 41.1 Å². The van der Waals surface area contributed by atoms with Gasteiger partial charge < -0.3 is 19.0 Å². The van der Waals surface area contributed by atoms with Crippen molar-refractivity contribution in [3.8, 4) is 22.6 Å². The van der Waals surface area contributed by atoms with Crippen LogP contribution in [-0.4, -0.2) is 29.7 Å². The number of fused-ring (bicyclic) bond motifs is 1. The molecule has 0 radical (unpaired) electrons. The summed E-state index contributed by atoms with van der Waals surface area (Å²) in [5.41, 5.74) is 3.03. The van der Waals surface area contributed by atoms with Crippen LogP contribution in [0.3, 0.4) is 0 Å². The summed E-state index contributed by atoms with van der Waals surface area (Å²) >= 11 is 0. The number of carboxylic acids is 1. The summed E-state index contributed by atoms with van der Waals surface area (Å²) in [7, 11) is 3.21. The Bertz CT molecular complexity index is 980. The number of aromatic carboxylic acids is 1. The van der Waals surface area contributed by atoms with E-state index >= 15 is 0 Å². The average molecular weight is 353 g/mol. The summed E-state index contributed by atoms with van der Waals surface area (Å²) in [5.74, 6) is 0.351. The van der Waals surface area contributed by atoms with Crippen LogP contribution < -0.4 is 9.47 Å². The highest BCUT2D eigenvalue weighted by Gasteiger charge is 2.25. The predicted molar refractivity (Wildman–Crippen MR) is 102 cm³/mol. The van der Waals surface area contributed by atoms with E-state index in [4.69, 9.17) is 9.47 Å². The molecule has 3 aromatic rings. The molecule has 5 heteroatoms. The van der Waals surface area contributed by atoms with E-state index in [0.29, 0.717) is 28.1 Å². The van der Waals surface area contributed by atoms with Crippen molar-refractivity contribution >= 4 is 11.5 Å². The van der Waals surface area contributed by atoms with Crippen LogP contribution in [0.5, 0.6) is 11.5 Å². The van der Waals surface area contributed by atoms with E-state index in [1.54, 1.807) is 20.3 Å². The zero-order chi connectivity index (χ0) is 19.1. The van der Waals surface area contributed by atoms with Crippen molar-refractivity contribution in [1.29, 1.82) is 0 Å². The van der Waals surface area contributed by atoms with Crippen LogP contribution in [0, 0.1) is 0 Å². The number of carbonyl (C=O) groups is 1. The molecule has 0 fully saturated rings. The van der Waals surface area contributed by atoms with E-state index in [1.165, 1.54) is 0 Å². The standard InChI is InChI=1S/C21H23NO4/c1-21(2,3)15-11-17(25-4)13(10-18(15)26-5)14-12-22-9-7-6-8-16(22)19(14)20(23)24/h6-12H,1-5H3,(H,23,24). The lowest BCUT2D eigenvalue weighted by Gasteiger charge is -2.24. The molecular weight excluding hydrogens is 330 g/mol. The third kappa shape index (κ3) is 2.90. The second kappa shape index (κ2) is 6.41. The second-order valence-electron chi connectivity index (χ2n) is 7.22. The lowest BCUT2D eigenvalue weighted by Crippen LogP contribution is -2.13. The average Bonchev–Trinajstić information content (AvgIpc) is 2.99. The SMILES string of the molecule is COc1cc(C(C)(C)C)c(OC)cc1-c1cn2ccccc2c1C(=O)O. The summed E-state index contributed by atoms with van der Waals surface area (Å²) in [5, 5.41) is 9.80. The lowest BCUT2D eigenvalue weighted by molar-refractivity contribution is 0.0700. The summed E-state index contributed by atoms with van der Waals surface area (Å²) in [6, 6.07) is 9.28.